The topological polar surface area (TPSA) is 80.6 Å². The fraction of sp³-hybridized carbons (Fsp3) is 0.400. The molecule has 0 spiro atoms. The minimum absolute atomic E-state index is 0.268. The Labute approximate surface area is 152 Å². The van der Waals surface area contributed by atoms with Crippen molar-refractivity contribution in [3.8, 4) is 5.69 Å². The Balaban J connectivity index is 1.95. The maximum Gasteiger partial charge on any atom is 0.329 e. The number of carboxylic acids is 1. The van der Waals surface area contributed by atoms with Crippen LogP contribution < -0.4 is 5.32 Å². The van der Waals surface area contributed by atoms with E-state index in [1.807, 2.05) is 55.7 Å². The van der Waals surface area contributed by atoms with Gasteiger partial charge in [-0.2, -0.15) is 0 Å². The Morgan fingerprint density at radius 1 is 1.15 bits per heavy atom. The summed E-state index contributed by atoms with van der Waals surface area (Å²) in [5, 5.41) is 12.4. The summed E-state index contributed by atoms with van der Waals surface area (Å²) < 4.78 is 7.29. The van der Waals surface area contributed by atoms with E-state index in [0.29, 0.717) is 18.8 Å². The molecule has 6 heteroatoms. The third-order valence-corrected chi connectivity index (χ3v) is 5.14. The lowest BCUT2D eigenvalue weighted by Crippen LogP contribution is -2.57. The molecule has 1 aromatic carbocycles. The van der Waals surface area contributed by atoms with Gasteiger partial charge in [0.25, 0.3) is 5.91 Å². The summed E-state index contributed by atoms with van der Waals surface area (Å²) in [6.07, 6.45) is 0.537. The number of carbonyl (C=O) groups is 2. The van der Waals surface area contributed by atoms with Gasteiger partial charge in [0.1, 0.15) is 5.54 Å². The summed E-state index contributed by atoms with van der Waals surface area (Å²) >= 11 is 0. The highest BCUT2D eigenvalue weighted by molar-refractivity contribution is 5.99. The highest BCUT2D eigenvalue weighted by Crippen LogP contribution is 2.26. The molecule has 0 atom stereocenters. The zero-order valence-corrected chi connectivity index (χ0v) is 15.3. The minimum Gasteiger partial charge on any atom is -0.480 e. The van der Waals surface area contributed by atoms with Crippen molar-refractivity contribution in [3.05, 3.63) is 52.8 Å². The third-order valence-electron chi connectivity index (χ3n) is 5.14. The van der Waals surface area contributed by atoms with Gasteiger partial charge in [0.05, 0.1) is 5.56 Å². The second-order valence-electron chi connectivity index (χ2n) is 6.86. The number of hydrogen-bond donors (Lipinski definition) is 2. The Morgan fingerprint density at radius 2 is 1.81 bits per heavy atom. The summed E-state index contributed by atoms with van der Waals surface area (Å²) in [6, 6.07) is 9.78. The Morgan fingerprint density at radius 3 is 2.42 bits per heavy atom. The van der Waals surface area contributed by atoms with Gasteiger partial charge in [-0.1, -0.05) is 18.2 Å². The van der Waals surface area contributed by atoms with Crippen LogP contribution in [0.15, 0.2) is 30.3 Å². The third kappa shape index (κ3) is 3.12. The first-order chi connectivity index (χ1) is 12.4. The van der Waals surface area contributed by atoms with E-state index in [9.17, 15) is 14.7 Å². The maximum atomic E-state index is 12.9. The number of aromatic nitrogens is 1. The normalized spacial score (nSPS) is 16.3. The van der Waals surface area contributed by atoms with Gasteiger partial charge in [-0.3, -0.25) is 4.79 Å². The Kier molecular flexibility index (Phi) is 4.87. The van der Waals surface area contributed by atoms with Gasteiger partial charge in [0, 0.05) is 43.1 Å². The lowest BCUT2D eigenvalue weighted by molar-refractivity contribution is -0.148. The van der Waals surface area contributed by atoms with Crippen LogP contribution in [0.5, 0.6) is 0 Å². The van der Waals surface area contributed by atoms with Gasteiger partial charge in [-0.15, -0.1) is 0 Å². The number of carbonyl (C=O) groups excluding carboxylic acids is 1. The number of carboxylic acid groups (broad SMARTS) is 1. The molecule has 0 bridgehead atoms. The lowest BCUT2D eigenvalue weighted by Gasteiger charge is -2.33. The molecule has 0 radical (unpaired) electrons. The summed E-state index contributed by atoms with van der Waals surface area (Å²) in [6.45, 7) is 6.50. The average molecular weight is 356 g/mol. The van der Waals surface area contributed by atoms with Crippen molar-refractivity contribution in [2.45, 2.75) is 39.2 Å². The van der Waals surface area contributed by atoms with Crippen molar-refractivity contribution in [1.29, 1.82) is 0 Å². The summed E-state index contributed by atoms with van der Waals surface area (Å²) in [7, 11) is 0. The van der Waals surface area contributed by atoms with E-state index in [-0.39, 0.29) is 18.7 Å². The average Bonchev–Trinajstić information content (AvgIpc) is 2.91. The van der Waals surface area contributed by atoms with E-state index < -0.39 is 11.5 Å². The second kappa shape index (κ2) is 6.96. The molecule has 3 rings (SSSR count). The molecule has 2 aromatic rings. The van der Waals surface area contributed by atoms with Crippen molar-refractivity contribution in [2.75, 3.05) is 13.2 Å². The van der Waals surface area contributed by atoms with Crippen LogP contribution in [-0.2, 0) is 9.53 Å². The van der Waals surface area contributed by atoms with E-state index in [4.69, 9.17) is 4.74 Å². The molecule has 2 heterocycles. The lowest BCUT2D eigenvalue weighted by atomic mass is 9.89. The fourth-order valence-corrected chi connectivity index (χ4v) is 3.57. The zero-order valence-electron chi connectivity index (χ0n) is 15.3. The van der Waals surface area contributed by atoms with Gasteiger partial charge < -0.3 is 19.7 Å². The largest absolute Gasteiger partial charge is 0.480 e. The highest BCUT2D eigenvalue weighted by Gasteiger charge is 2.42. The number of nitrogens with zero attached hydrogens (tertiary/aromatic N) is 1. The van der Waals surface area contributed by atoms with Crippen LogP contribution >= 0.6 is 0 Å². The first-order valence-electron chi connectivity index (χ1n) is 8.74. The molecule has 1 fully saturated rings. The maximum absolute atomic E-state index is 12.9. The Hall–Kier alpha value is -2.60. The van der Waals surface area contributed by atoms with Crippen molar-refractivity contribution >= 4 is 11.9 Å². The molecular weight excluding hydrogens is 332 g/mol. The van der Waals surface area contributed by atoms with Crippen LogP contribution in [0.2, 0.25) is 0 Å². The number of benzene rings is 1. The number of rotatable bonds is 4. The number of aliphatic carboxylic acids is 1. The fourth-order valence-electron chi connectivity index (χ4n) is 3.57. The molecule has 1 saturated heterocycles. The molecule has 1 aliphatic rings. The van der Waals surface area contributed by atoms with Crippen LogP contribution in [0.4, 0.5) is 0 Å². The van der Waals surface area contributed by atoms with Crippen LogP contribution in [0.25, 0.3) is 5.69 Å². The minimum atomic E-state index is -1.26. The van der Waals surface area contributed by atoms with E-state index in [1.165, 1.54) is 0 Å². The second-order valence-corrected chi connectivity index (χ2v) is 6.86. The summed E-state index contributed by atoms with van der Waals surface area (Å²) in [5.41, 5.74) is 3.08. The molecule has 1 aromatic heterocycles. The molecule has 1 aliphatic heterocycles. The summed E-state index contributed by atoms with van der Waals surface area (Å²) in [5.74, 6) is -1.37. The number of para-hydroxylation sites is 1. The number of amides is 1. The predicted octanol–water partition coefficient (Wildman–Crippen LogP) is 2.77. The number of nitrogens with one attached hydrogen (secondary N) is 1. The number of ether oxygens (including phenoxy) is 1. The van der Waals surface area contributed by atoms with E-state index in [1.54, 1.807) is 0 Å². The van der Waals surface area contributed by atoms with Crippen LogP contribution in [0.3, 0.4) is 0 Å². The van der Waals surface area contributed by atoms with E-state index in [0.717, 1.165) is 22.6 Å². The van der Waals surface area contributed by atoms with Gasteiger partial charge in [0.15, 0.2) is 0 Å². The predicted molar refractivity (Wildman–Crippen MR) is 97.9 cm³/mol. The molecule has 26 heavy (non-hydrogen) atoms. The van der Waals surface area contributed by atoms with Gasteiger partial charge in [-0.25, -0.2) is 4.79 Å². The standard InChI is InChI=1S/C20H24N2O4/c1-13-6-4-5-7-17(13)22-14(2)12-16(15(22)3)18(23)21-20(19(24)25)8-10-26-11-9-20/h4-7,12H,8-11H2,1-3H3,(H,21,23)(H,24,25). The molecule has 0 unspecified atom stereocenters. The monoisotopic (exact) mass is 356 g/mol. The molecule has 0 saturated carbocycles. The molecule has 138 valence electrons. The van der Waals surface area contributed by atoms with Crippen LogP contribution in [0.1, 0.15) is 40.2 Å². The van der Waals surface area contributed by atoms with Crippen LogP contribution in [-0.4, -0.2) is 40.3 Å². The van der Waals surface area contributed by atoms with E-state index >= 15 is 0 Å². The number of aryl methyl sites for hydroxylation is 2. The molecule has 2 N–H and O–H groups in total. The first kappa shape index (κ1) is 18.2. The zero-order chi connectivity index (χ0) is 18.9. The summed E-state index contributed by atoms with van der Waals surface area (Å²) in [4.78, 5) is 24.7. The molecule has 6 nitrogen and oxygen atoms in total. The van der Waals surface area contributed by atoms with Crippen LogP contribution in [0, 0.1) is 20.8 Å². The smallest absolute Gasteiger partial charge is 0.329 e. The highest BCUT2D eigenvalue weighted by atomic mass is 16.5. The quantitative estimate of drug-likeness (QED) is 0.883. The molecule has 0 aliphatic carbocycles. The SMILES string of the molecule is Cc1ccccc1-n1c(C)cc(C(=O)NC2(C(=O)O)CCOCC2)c1C. The Bertz CT molecular complexity index is 847. The van der Waals surface area contributed by atoms with Crippen molar-refractivity contribution in [1.82, 2.24) is 9.88 Å². The van der Waals surface area contributed by atoms with E-state index in [2.05, 4.69) is 5.32 Å². The number of hydrogen-bond acceptors (Lipinski definition) is 3. The van der Waals surface area contributed by atoms with Crippen molar-refractivity contribution < 1.29 is 19.4 Å². The van der Waals surface area contributed by atoms with Crippen molar-refractivity contribution in [3.63, 3.8) is 0 Å². The van der Waals surface area contributed by atoms with Gasteiger partial charge >= 0.3 is 5.97 Å². The van der Waals surface area contributed by atoms with Crippen molar-refractivity contribution in [2.24, 2.45) is 0 Å². The van der Waals surface area contributed by atoms with Gasteiger partial charge in [0.2, 0.25) is 0 Å². The van der Waals surface area contributed by atoms with Gasteiger partial charge in [-0.05, 0) is 38.5 Å². The first-order valence-corrected chi connectivity index (χ1v) is 8.74. The molecule has 1 amide bonds. The molecular formula is C20H24N2O4.